The number of benzene rings is 4. The van der Waals surface area contributed by atoms with Crippen molar-refractivity contribution in [2.45, 2.75) is 39.5 Å². The van der Waals surface area contributed by atoms with E-state index in [0.29, 0.717) is 5.92 Å². The summed E-state index contributed by atoms with van der Waals surface area (Å²) < 4.78 is 1.28. The first-order valence-corrected chi connectivity index (χ1v) is 14.2. The van der Waals surface area contributed by atoms with E-state index in [2.05, 4.69) is 90.7 Å². The summed E-state index contributed by atoms with van der Waals surface area (Å²) in [5.74, 6) is 2.51. The van der Waals surface area contributed by atoms with Crippen LogP contribution in [0.4, 0.5) is 0 Å². The predicted molar refractivity (Wildman–Crippen MR) is 163 cm³/mol. The second-order valence-electron chi connectivity index (χ2n) is 11.0. The van der Waals surface area contributed by atoms with E-state index in [4.69, 9.17) is 15.0 Å². The van der Waals surface area contributed by atoms with Gasteiger partial charge in [0.15, 0.2) is 0 Å². The Morgan fingerprint density at radius 3 is 2.18 bits per heavy atom. The minimum atomic E-state index is 0.259. The van der Waals surface area contributed by atoms with Crippen molar-refractivity contribution in [3.63, 3.8) is 0 Å². The third-order valence-electron chi connectivity index (χ3n) is 7.84. The molecule has 0 unspecified atom stereocenters. The molecule has 0 saturated carbocycles. The molecule has 6 nitrogen and oxygen atoms in total. The highest BCUT2D eigenvalue weighted by Gasteiger charge is 2.18. The van der Waals surface area contributed by atoms with Crippen LogP contribution in [0.15, 0.2) is 60.2 Å². The van der Waals surface area contributed by atoms with Gasteiger partial charge in [-0.1, -0.05) is 52.0 Å². The Bertz CT molecular complexity index is 2250. The predicted octanol–water partition coefficient (Wildman–Crippen LogP) is 8.82. The Balaban J connectivity index is 1.40. The van der Waals surface area contributed by atoms with Crippen molar-refractivity contribution < 1.29 is 0 Å². The SMILES string of the molecule is CC(C)c1nc2c3ccc(-c4ccc5c(c4)c4sccc4c4nc(C(C)C)[nH]c54)cc3c3c[nH]ncc3c2n1. The molecule has 0 aliphatic heterocycles. The van der Waals surface area contributed by atoms with Crippen molar-refractivity contribution >= 4 is 75.8 Å². The molecular weight excluding hydrogens is 500 g/mol. The molecule has 0 bridgehead atoms. The number of hydrogen-bond acceptors (Lipinski definition) is 5. The molecule has 190 valence electrons. The highest BCUT2D eigenvalue weighted by molar-refractivity contribution is 7.18. The second-order valence-corrected chi connectivity index (χ2v) is 11.9. The van der Waals surface area contributed by atoms with Crippen molar-refractivity contribution in [2.24, 2.45) is 0 Å². The average Bonchev–Trinajstić information content (AvgIpc) is 3.71. The number of rotatable bonds is 3. The fraction of sp³-hybridized carbons (Fsp3) is 0.188. The van der Waals surface area contributed by atoms with E-state index in [0.717, 1.165) is 55.3 Å². The number of H-pyrrole nitrogens is 2. The average molecular weight is 527 g/mol. The summed E-state index contributed by atoms with van der Waals surface area (Å²) in [4.78, 5) is 18.4. The second kappa shape index (κ2) is 8.07. The summed E-state index contributed by atoms with van der Waals surface area (Å²) in [6.07, 6.45) is 3.84. The van der Waals surface area contributed by atoms with Gasteiger partial charge in [-0.15, -0.1) is 11.3 Å². The molecule has 8 rings (SSSR count). The topological polar surface area (TPSA) is 83.1 Å². The summed E-state index contributed by atoms with van der Waals surface area (Å²) in [5, 5.41) is 17.6. The number of hydrogen-bond donors (Lipinski definition) is 2. The lowest BCUT2D eigenvalue weighted by Gasteiger charge is -2.10. The fourth-order valence-corrected chi connectivity index (χ4v) is 6.73. The van der Waals surface area contributed by atoms with Crippen LogP contribution < -0.4 is 0 Å². The summed E-state index contributed by atoms with van der Waals surface area (Å²) >= 11 is 1.78. The zero-order valence-corrected chi connectivity index (χ0v) is 22.9. The Morgan fingerprint density at radius 1 is 0.667 bits per heavy atom. The van der Waals surface area contributed by atoms with Gasteiger partial charge < -0.3 is 4.98 Å². The van der Waals surface area contributed by atoms with E-state index in [9.17, 15) is 0 Å². The molecular formula is C32H26N6S. The lowest BCUT2D eigenvalue weighted by molar-refractivity contribution is 0.799. The first-order chi connectivity index (χ1) is 19.0. The molecule has 0 amide bonds. The summed E-state index contributed by atoms with van der Waals surface area (Å²) in [6, 6.07) is 15.7. The van der Waals surface area contributed by atoms with Crippen molar-refractivity contribution in [2.75, 3.05) is 0 Å². The molecule has 8 aromatic rings. The summed E-state index contributed by atoms with van der Waals surface area (Å²) in [7, 11) is 0. The summed E-state index contributed by atoms with van der Waals surface area (Å²) in [5.41, 5.74) is 6.41. The van der Waals surface area contributed by atoms with Crippen LogP contribution in [0.3, 0.4) is 0 Å². The van der Waals surface area contributed by atoms with Crippen LogP contribution in [0, 0.1) is 0 Å². The van der Waals surface area contributed by atoms with Gasteiger partial charge in [0.2, 0.25) is 0 Å². The van der Waals surface area contributed by atoms with Crippen LogP contribution >= 0.6 is 11.3 Å². The maximum absolute atomic E-state index is 4.98. The third-order valence-corrected chi connectivity index (χ3v) is 8.78. The molecule has 4 aromatic carbocycles. The van der Waals surface area contributed by atoms with Crippen molar-refractivity contribution in [3.8, 4) is 11.1 Å². The summed E-state index contributed by atoms with van der Waals surface area (Å²) in [6.45, 7) is 8.62. The standard InChI is InChI=1S/C32H26N6S/c1-15(2)31-36-27-20-8-6-18(12-23(20)30-21(9-10-39-30)28(27)37-31)17-5-7-19-22(11-17)24-13-33-34-14-25(24)29-26(19)35-32(38-29)16(3)4/h5-16,33H,1-4H3,(H,36,37). The number of nitrogens with one attached hydrogen (secondary N) is 2. The van der Waals surface area contributed by atoms with Gasteiger partial charge in [-0.3, -0.25) is 5.10 Å². The lowest BCUT2D eigenvalue weighted by atomic mass is 9.95. The van der Waals surface area contributed by atoms with Crippen LogP contribution in [0.25, 0.3) is 75.6 Å². The van der Waals surface area contributed by atoms with Gasteiger partial charge in [-0.05, 0) is 40.1 Å². The van der Waals surface area contributed by atoms with E-state index < -0.39 is 0 Å². The molecule has 0 spiro atoms. The third kappa shape index (κ3) is 3.20. The Hall–Kier alpha value is -4.36. The van der Waals surface area contributed by atoms with E-state index in [1.165, 1.54) is 32.0 Å². The van der Waals surface area contributed by atoms with E-state index in [1.807, 2.05) is 12.4 Å². The van der Waals surface area contributed by atoms with Gasteiger partial charge in [0.25, 0.3) is 0 Å². The highest BCUT2D eigenvalue weighted by atomic mass is 32.1. The monoisotopic (exact) mass is 526 g/mol. The molecule has 0 fully saturated rings. The van der Waals surface area contributed by atoms with Gasteiger partial charge in [-0.2, -0.15) is 5.10 Å². The number of thiophene rings is 1. The quantitative estimate of drug-likeness (QED) is 0.225. The molecule has 0 aliphatic rings. The first kappa shape index (κ1) is 22.6. The van der Waals surface area contributed by atoms with Gasteiger partial charge in [0.1, 0.15) is 17.2 Å². The molecule has 0 atom stereocenters. The van der Waals surface area contributed by atoms with E-state index in [-0.39, 0.29) is 5.92 Å². The zero-order valence-electron chi connectivity index (χ0n) is 22.1. The molecule has 0 radical (unpaired) electrons. The number of nitrogens with zero attached hydrogens (tertiary/aromatic N) is 4. The Labute approximate surface area is 228 Å². The van der Waals surface area contributed by atoms with Crippen LogP contribution in [-0.2, 0) is 0 Å². The smallest absolute Gasteiger partial charge is 0.132 e. The Morgan fingerprint density at radius 2 is 1.41 bits per heavy atom. The van der Waals surface area contributed by atoms with E-state index >= 15 is 0 Å². The minimum Gasteiger partial charge on any atom is -0.341 e. The van der Waals surface area contributed by atoms with Crippen molar-refractivity contribution in [1.29, 1.82) is 0 Å². The van der Waals surface area contributed by atoms with Crippen molar-refractivity contribution in [3.05, 3.63) is 71.9 Å². The number of aromatic nitrogens is 6. The van der Waals surface area contributed by atoms with Gasteiger partial charge >= 0.3 is 0 Å². The zero-order chi connectivity index (χ0) is 26.4. The molecule has 0 saturated heterocycles. The Kier molecular flexibility index (Phi) is 4.68. The maximum atomic E-state index is 4.98. The van der Waals surface area contributed by atoms with Crippen LogP contribution in [0.2, 0.25) is 0 Å². The molecule has 39 heavy (non-hydrogen) atoms. The minimum absolute atomic E-state index is 0.259. The molecule has 7 heteroatoms. The van der Waals surface area contributed by atoms with E-state index in [1.54, 1.807) is 11.3 Å². The van der Waals surface area contributed by atoms with Gasteiger partial charge in [-0.25, -0.2) is 15.0 Å². The van der Waals surface area contributed by atoms with Crippen LogP contribution in [0.1, 0.15) is 51.2 Å². The molecule has 0 aliphatic carbocycles. The number of fused-ring (bicyclic) bond motifs is 12. The number of aromatic amines is 2. The normalized spacial score (nSPS) is 12.6. The molecule has 4 aromatic heterocycles. The maximum Gasteiger partial charge on any atom is 0.132 e. The van der Waals surface area contributed by atoms with Gasteiger partial charge in [0.05, 0.1) is 22.7 Å². The fourth-order valence-electron chi connectivity index (χ4n) is 5.80. The largest absolute Gasteiger partial charge is 0.341 e. The lowest BCUT2D eigenvalue weighted by Crippen LogP contribution is -1.88. The van der Waals surface area contributed by atoms with Crippen molar-refractivity contribution in [1.82, 2.24) is 30.1 Å². The highest BCUT2D eigenvalue weighted by Crippen LogP contribution is 2.41. The van der Waals surface area contributed by atoms with Gasteiger partial charge in [0, 0.05) is 55.0 Å². The first-order valence-electron chi connectivity index (χ1n) is 13.4. The molecule has 4 heterocycles. The van der Waals surface area contributed by atoms with Crippen LogP contribution in [0.5, 0.6) is 0 Å². The van der Waals surface area contributed by atoms with Crippen LogP contribution in [-0.4, -0.2) is 30.1 Å². The molecule has 2 N–H and O–H groups in total. The number of imidazole rings is 2.